The van der Waals surface area contributed by atoms with Crippen LogP contribution in [0.3, 0.4) is 0 Å². The maximum absolute atomic E-state index is 5.34. The number of aromatic nitrogens is 1. The van der Waals surface area contributed by atoms with Crippen LogP contribution in [0, 0.1) is 13.8 Å². The van der Waals surface area contributed by atoms with E-state index in [-0.39, 0.29) is 0 Å². The van der Waals surface area contributed by atoms with E-state index in [2.05, 4.69) is 73.6 Å². The molecule has 25 heavy (non-hydrogen) atoms. The molecule has 2 N–H and O–H groups in total. The van der Waals surface area contributed by atoms with Gasteiger partial charge in [-0.3, -0.25) is 0 Å². The van der Waals surface area contributed by atoms with Crippen LogP contribution < -0.4 is 10.6 Å². The maximum atomic E-state index is 5.34. The first kappa shape index (κ1) is 19.0. The first-order valence-electron chi connectivity index (χ1n) is 9.02. The fraction of sp³-hybridized carbons (Fsp3) is 0.500. The molecule has 0 saturated carbocycles. The Morgan fingerprint density at radius 3 is 2.44 bits per heavy atom. The molecule has 0 aliphatic carbocycles. The summed E-state index contributed by atoms with van der Waals surface area (Å²) in [7, 11) is 0. The zero-order valence-electron chi connectivity index (χ0n) is 16.0. The van der Waals surface area contributed by atoms with Crippen molar-refractivity contribution in [3.63, 3.8) is 0 Å². The molecule has 0 atom stereocenters. The monoisotopic (exact) mass is 342 g/mol. The third-order valence-corrected chi connectivity index (χ3v) is 3.89. The first-order chi connectivity index (χ1) is 12.0. The predicted octanol–water partition coefficient (Wildman–Crippen LogP) is 3.71. The molecule has 2 aromatic rings. The van der Waals surface area contributed by atoms with Crippen molar-refractivity contribution in [3.05, 3.63) is 52.4 Å². The second kappa shape index (κ2) is 9.25. The van der Waals surface area contributed by atoms with Crippen LogP contribution in [0.5, 0.6) is 0 Å². The van der Waals surface area contributed by atoms with E-state index in [9.17, 15) is 0 Å². The number of hydrogen-bond donors (Lipinski definition) is 2. The number of aryl methyl sites for hydroxylation is 2. The quantitative estimate of drug-likeness (QED) is 0.595. The van der Waals surface area contributed by atoms with Crippen LogP contribution in [0.4, 0.5) is 0 Å². The lowest BCUT2D eigenvalue weighted by Gasteiger charge is -2.11. The van der Waals surface area contributed by atoms with Crippen molar-refractivity contribution in [1.82, 2.24) is 15.8 Å². The largest absolute Gasteiger partial charge is 0.359 e. The van der Waals surface area contributed by atoms with Gasteiger partial charge in [0, 0.05) is 19.2 Å². The number of nitrogens with zero attached hydrogens (tertiary/aromatic N) is 2. The van der Waals surface area contributed by atoms with Crippen LogP contribution in [0.15, 0.2) is 33.8 Å². The van der Waals surface area contributed by atoms with Gasteiger partial charge in [0.15, 0.2) is 11.7 Å². The summed E-state index contributed by atoms with van der Waals surface area (Å²) in [6.07, 6.45) is 0.965. The Morgan fingerprint density at radius 2 is 1.84 bits per heavy atom. The SMILES string of the molecule is CCNC(=NCc1cc(C(C)C)no1)NCCc1cc(C)cc(C)c1. The molecule has 0 fully saturated rings. The van der Waals surface area contributed by atoms with Gasteiger partial charge in [-0.25, -0.2) is 4.99 Å². The summed E-state index contributed by atoms with van der Waals surface area (Å²) in [5.41, 5.74) is 4.93. The summed E-state index contributed by atoms with van der Waals surface area (Å²) in [6.45, 7) is 12.7. The molecule has 1 heterocycles. The molecule has 0 radical (unpaired) electrons. The summed E-state index contributed by atoms with van der Waals surface area (Å²) in [4.78, 5) is 4.58. The lowest BCUT2D eigenvalue weighted by Crippen LogP contribution is -2.38. The van der Waals surface area contributed by atoms with E-state index in [1.807, 2.05) is 6.07 Å². The van der Waals surface area contributed by atoms with Crippen molar-refractivity contribution >= 4 is 5.96 Å². The predicted molar refractivity (Wildman–Crippen MR) is 103 cm³/mol. The van der Waals surface area contributed by atoms with Gasteiger partial charge in [-0.05, 0) is 38.7 Å². The Labute approximate surface area is 150 Å². The van der Waals surface area contributed by atoms with E-state index in [1.54, 1.807) is 0 Å². The van der Waals surface area contributed by atoms with Gasteiger partial charge in [0.25, 0.3) is 0 Å². The minimum atomic E-state index is 0.366. The van der Waals surface area contributed by atoms with E-state index in [1.165, 1.54) is 16.7 Å². The average molecular weight is 342 g/mol. The van der Waals surface area contributed by atoms with E-state index >= 15 is 0 Å². The Kier molecular flexibility index (Phi) is 7.04. The van der Waals surface area contributed by atoms with Crippen molar-refractivity contribution in [3.8, 4) is 0 Å². The topological polar surface area (TPSA) is 62.5 Å². The van der Waals surface area contributed by atoms with Crippen LogP contribution in [0.1, 0.15) is 54.8 Å². The fourth-order valence-corrected chi connectivity index (χ4v) is 2.71. The van der Waals surface area contributed by atoms with Crippen LogP contribution in [-0.4, -0.2) is 24.2 Å². The number of benzene rings is 1. The van der Waals surface area contributed by atoms with Crippen molar-refractivity contribution in [2.24, 2.45) is 4.99 Å². The molecule has 0 bridgehead atoms. The Balaban J connectivity index is 1.90. The number of rotatable bonds is 7. The molecule has 5 heteroatoms. The first-order valence-corrected chi connectivity index (χ1v) is 9.02. The molecule has 0 aliphatic heterocycles. The molecular formula is C20H30N4O. The molecule has 1 aromatic heterocycles. The number of hydrogen-bond acceptors (Lipinski definition) is 3. The number of aliphatic imine (C=N–C) groups is 1. The molecule has 0 saturated heterocycles. The van der Waals surface area contributed by atoms with Gasteiger partial charge >= 0.3 is 0 Å². The number of nitrogens with one attached hydrogen (secondary N) is 2. The Morgan fingerprint density at radius 1 is 1.12 bits per heavy atom. The van der Waals surface area contributed by atoms with Gasteiger partial charge in [-0.15, -0.1) is 0 Å². The second-order valence-corrected chi connectivity index (χ2v) is 6.74. The zero-order valence-corrected chi connectivity index (χ0v) is 16.0. The Bertz CT molecular complexity index is 683. The van der Waals surface area contributed by atoms with Gasteiger partial charge in [0.2, 0.25) is 0 Å². The lowest BCUT2D eigenvalue weighted by molar-refractivity contribution is 0.376. The normalized spacial score (nSPS) is 11.8. The van der Waals surface area contributed by atoms with Gasteiger partial charge < -0.3 is 15.2 Å². The molecular weight excluding hydrogens is 312 g/mol. The van der Waals surface area contributed by atoms with Gasteiger partial charge in [0.05, 0.1) is 5.69 Å². The van der Waals surface area contributed by atoms with Gasteiger partial charge in [-0.1, -0.05) is 48.3 Å². The molecule has 0 amide bonds. The van der Waals surface area contributed by atoms with Crippen LogP contribution in [-0.2, 0) is 13.0 Å². The molecule has 0 spiro atoms. The summed E-state index contributed by atoms with van der Waals surface area (Å²) in [5.74, 6) is 1.95. The summed E-state index contributed by atoms with van der Waals surface area (Å²) >= 11 is 0. The highest BCUT2D eigenvalue weighted by Crippen LogP contribution is 2.14. The van der Waals surface area contributed by atoms with Crippen molar-refractivity contribution < 1.29 is 4.52 Å². The molecule has 2 rings (SSSR count). The Hall–Kier alpha value is -2.30. The van der Waals surface area contributed by atoms with E-state index in [0.29, 0.717) is 12.5 Å². The zero-order chi connectivity index (χ0) is 18.2. The van der Waals surface area contributed by atoms with E-state index in [4.69, 9.17) is 4.52 Å². The molecule has 1 aromatic carbocycles. The minimum Gasteiger partial charge on any atom is -0.359 e. The van der Waals surface area contributed by atoms with Crippen LogP contribution >= 0.6 is 0 Å². The third-order valence-electron chi connectivity index (χ3n) is 3.89. The van der Waals surface area contributed by atoms with Crippen LogP contribution in [0.25, 0.3) is 0 Å². The molecule has 5 nitrogen and oxygen atoms in total. The molecule has 136 valence electrons. The second-order valence-electron chi connectivity index (χ2n) is 6.74. The third kappa shape index (κ3) is 6.25. The highest BCUT2D eigenvalue weighted by molar-refractivity contribution is 5.79. The summed E-state index contributed by atoms with van der Waals surface area (Å²) in [5, 5.41) is 10.7. The smallest absolute Gasteiger partial charge is 0.191 e. The van der Waals surface area contributed by atoms with Gasteiger partial charge in [0.1, 0.15) is 6.54 Å². The number of guanidine groups is 1. The van der Waals surface area contributed by atoms with E-state index < -0.39 is 0 Å². The van der Waals surface area contributed by atoms with Gasteiger partial charge in [-0.2, -0.15) is 0 Å². The highest BCUT2D eigenvalue weighted by Gasteiger charge is 2.07. The van der Waals surface area contributed by atoms with E-state index in [0.717, 1.165) is 36.9 Å². The lowest BCUT2D eigenvalue weighted by atomic mass is 10.1. The minimum absolute atomic E-state index is 0.366. The van der Waals surface area contributed by atoms with Crippen LogP contribution in [0.2, 0.25) is 0 Å². The standard InChI is InChI=1S/C20H30N4O/c1-6-21-20(23-13-18-12-19(14(2)3)24-25-18)22-8-7-17-10-15(4)9-16(5)11-17/h9-12,14H,6-8,13H2,1-5H3,(H2,21,22,23). The highest BCUT2D eigenvalue weighted by atomic mass is 16.5. The molecule has 0 unspecified atom stereocenters. The summed E-state index contributed by atoms with van der Waals surface area (Å²) in [6, 6.07) is 8.65. The van der Waals surface area contributed by atoms with Crippen molar-refractivity contribution in [2.75, 3.05) is 13.1 Å². The maximum Gasteiger partial charge on any atom is 0.191 e. The molecule has 0 aliphatic rings. The fourth-order valence-electron chi connectivity index (χ4n) is 2.71. The van der Waals surface area contributed by atoms with Crippen molar-refractivity contribution in [2.45, 2.75) is 53.5 Å². The average Bonchev–Trinajstić information content (AvgIpc) is 3.01. The summed E-state index contributed by atoms with van der Waals surface area (Å²) < 4.78 is 5.34. The van der Waals surface area contributed by atoms with Crippen molar-refractivity contribution in [1.29, 1.82) is 0 Å².